The molecule has 0 unspecified atom stereocenters. The van der Waals surface area contributed by atoms with Crippen molar-refractivity contribution in [1.29, 1.82) is 0 Å². The second kappa shape index (κ2) is 14.8. The summed E-state index contributed by atoms with van der Waals surface area (Å²) in [7, 11) is 0. The minimum Gasteiger partial charge on any atom is -0.279 e. The average molecular weight is 746 g/mol. The number of nitrogens with zero attached hydrogens (tertiary/aromatic N) is 3. The highest BCUT2D eigenvalue weighted by atomic mass is 15.3. The van der Waals surface area contributed by atoms with Gasteiger partial charge in [0.1, 0.15) is 0 Å². The summed E-state index contributed by atoms with van der Waals surface area (Å²) in [5.41, 5.74) is 15.6. The third-order valence-electron chi connectivity index (χ3n) is 12.2. The van der Waals surface area contributed by atoms with E-state index < -0.39 is 0 Å². The van der Waals surface area contributed by atoms with Crippen LogP contribution in [0.1, 0.15) is 48.9 Å². The van der Waals surface area contributed by atoms with E-state index in [4.69, 9.17) is 9.97 Å². The van der Waals surface area contributed by atoms with Gasteiger partial charge in [-0.2, -0.15) is 0 Å². The summed E-state index contributed by atoms with van der Waals surface area (Å²) in [6.07, 6.45) is 8.51. The zero-order valence-electron chi connectivity index (χ0n) is 32.8. The van der Waals surface area contributed by atoms with Gasteiger partial charge in [0, 0.05) is 28.4 Å². The Morgan fingerprint density at radius 1 is 0.483 bits per heavy atom. The number of hydrogen-bond acceptors (Lipinski definition) is 3. The van der Waals surface area contributed by atoms with Crippen molar-refractivity contribution in [2.24, 2.45) is 0 Å². The van der Waals surface area contributed by atoms with Gasteiger partial charge in [-0.05, 0) is 122 Å². The van der Waals surface area contributed by atoms with E-state index in [9.17, 15) is 0 Å². The predicted molar refractivity (Wildman–Crippen MR) is 245 cm³/mol. The average Bonchev–Trinajstić information content (AvgIpc) is 3.57. The van der Waals surface area contributed by atoms with E-state index in [-0.39, 0.29) is 5.41 Å². The zero-order chi connectivity index (χ0) is 39.1. The van der Waals surface area contributed by atoms with E-state index in [0.29, 0.717) is 5.95 Å². The lowest BCUT2D eigenvalue weighted by Crippen LogP contribution is -2.23. The Labute approximate surface area is 340 Å². The van der Waals surface area contributed by atoms with Crippen LogP contribution in [0.2, 0.25) is 0 Å². The molecule has 3 heteroatoms. The number of hydrogen-bond donors (Lipinski definition) is 0. The highest BCUT2D eigenvalue weighted by Crippen LogP contribution is 2.54. The van der Waals surface area contributed by atoms with Crippen molar-refractivity contribution < 1.29 is 0 Å². The Hall–Kier alpha value is -7.10. The van der Waals surface area contributed by atoms with E-state index in [1.807, 2.05) is 18.3 Å². The van der Waals surface area contributed by atoms with Crippen LogP contribution in [0.25, 0.3) is 67.2 Å². The number of rotatable bonds is 9. The smallest absolute Gasteiger partial charge is 0.235 e. The first-order valence-corrected chi connectivity index (χ1v) is 20.3. The van der Waals surface area contributed by atoms with Crippen molar-refractivity contribution in [2.75, 3.05) is 4.90 Å². The summed E-state index contributed by atoms with van der Waals surface area (Å²) < 4.78 is 0. The molecule has 0 aliphatic heterocycles. The second-order valence-corrected chi connectivity index (χ2v) is 15.3. The lowest BCUT2D eigenvalue weighted by molar-refractivity contribution is 0.490. The molecule has 8 aromatic carbocycles. The fraction of sp³-hybridized carbons (Fsp3) is 0.0909. The monoisotopic (exact) mass is 745 g/mol. The molecule has 1 aromatic heterocycles. The molecule has 0 fully saturated rings. The van der Waals surface area contributed by atoms with Gasteiger partial charge >= 0.3 is 0 Å². The third-order valence-corrected chi connectivity index (χ3v) is 12.2. The van der Waals surface area contributed by atoms with Gasteiger partial charge in [0.05, 0.1) is 5.52 Å². The number of anilines is 3. The molecular formula is C55H43N3. The maximum Gasteiger partial charge on any atom is 0.235 e. The fourth-order valence-corrected chi connectivity index (χ4v) is 9.09. The third kappa shape index (κ3) is 6.17. The Bertz CT molecular complexity index is 2960. The second-order valence-electron chi connectivity index (χ2n) is 15.3. The quantitative estimate of drug-likeness (QED) is 0.138. The first kappa shape index (κ1) is 35.3. The van der Waals surface area contributed by atoms with Crippen LogP contribution in [0.4, 0.5) is 17.3 Å². The molecule has 10 rings (SSSR count). The van der Waals surface area contributed by atoms with E-state index in [0.717, 1.165) is 35.1 Å². The Kier molecular flexibility index (Phi) is 8.99. The number of fused-ring (bicyclic) bond motifs is 5. The van der Waals surface area contributed by atoms with E-state index >= 15 is 0 Å². The van der Waals surface area contributed by atoms with Crippen LogP contribution in [0.15, 0.2) is 188 Å². The summed E-state index contributed by atoms with van der Waals surface area (Å²) in [6.45, 7) is 4.67. The highest BCUT2D eigenvalue weighted by molar-refractivity contribution is 5.94. The summed E-state index contributed by atoms with van der Waals surface area (Å²) in [5.74, 6) is 0.659. The summed E-state index contributed by atoms with van der Waals surface area (Å²) in [4.78, 5) is 12.1. The minimum atomic E-state index is -0.133. The molecule has 0 amide bonds. The molecule has 0 saturated heterocycles. The van der Waals surface area contributed by atoms with Gasteiger partial charge in [-0.25, -0.2) is 9.97 Å². The lowest BCUT2D eigenvalue weighted by Gasteiger charge is -2.31. The first-order valence-electron chi connectivity index (χ1n) is 20.3. The highest BCUT2D eigenvalue weighted by Gasteiger charge is 2.41. The van der Waals surface area contributed by atoms with Crippen LogP contribution in [0.5, 0.6) is 0 Å². The van der Waals surface area contributed by atoms with Gasteiger partial charge < -0.3 is 0 Å². The van der Waals surface area contributed by atoms with E-state index in [1.165, 1.54) is 66.4 Å². The lowest BCUT2D eigenvalue weighted by atomic mass is 9.73. The van der Waals surface area contributed by atoms with Crippen molar-refractivity contribution in [3.63, 3.8) is 0 Å². The summed E-state index contributed by atoms with van der Waals surface area (Å²) >= 11 is 0. The molecule has 3 nitrogen and oxygen atoms in total. The molecular weight excluding hydrogens is 703 g/mol. The molecule has 1 aliphatic rings. The van der Waals surface area contributed by atoms with Crippen LogP contribution < -0.4 is 4.90 Å². The maximum atomic E-state index is 5.06. The summed E-state index contributed by atoms with van der Waals surface area (Å²) in [6, 6.07) is 65.5. The SMILES string of the molecule is CCC1(CC)c2cc(/C=C/c3cc4ccccc4cc3-c3ccc(-c4ccccc4)cc3)ccc2-c2ccc(N(c3ccccc3)c3ncc4ccccc4n3)cc21. The first-order chi connectivity index (χ1) is 28.6. The number of aromatic nitrogens is 2. The maximum absolute atomic E-state index is 5.06. The molecule has 1 heterocycles. The molecule has 0 bridgehead atoms. The zero-order valence-corrected chi connectivity index (χ0v) is 32.8. The van der Waals surface area contributed by atoms with E-state index in [1.54, 1.807) is 0 Å². The summed E-state index contributed by atoms with van der Waals surface area (Å²) in [5, 5.41) is 3.51. The Morgan fingerprint density at radius 2 is 1.09 bits per heavy atom. The van der Waals surface area contributed by atoms with Gasteiger partial charge in [0.25, 0.3) is 0 Å². The Morgan fingerprint density at radius 3 is 1.83 bits per heavy atom. The van der Waals surface area contributed by atoms with Crippen molar-refractivity contribution in [2.45, 2.75) is 32.1 Å². The van der Waals surface area contributed by atoms with E-state index in [2.05, 4.69) is 201 Å². The van der Waals surface area contributed by atoms with Crippen LogP contribution in [-0.2, 0) is 5.41 Å². The van der Waals surface area contributed by atoms with Gasteiger partial charge in [-0.1, -0.05) is 166 Å². The molecule has 58 heavy (non-hydrogen) atoms. The molecule has 278 valence electrons. The van der Waals surface area contributed by atoms with Crippen molar-refractivity contribution >= 4 is 51.2 Å². The topological polar surface area (TPSA) is 29.0 Å². The van der Waals surface area contributed by atoms with Crippen molar-refractivity contribution in [3.8, 4) is 33.4 Å². The Balaban J connectivity index is 1.03. The van der Waals surface area contributed by atoms with Crippen molar-refractivity contribution in [3.05, 3.63) is 210 Å². The predicted octanol–water partition coefficient (Wildman–Crippen LogP) is 14.8. The number of para-hydroxylation sites is 2. The van der Waals surface area contributed by atoms with Gasteiger partial charge in [0.2, 0.25) is 5.95 Å². The van der Waals surface area contributed by atoms with Gasteiger partial charge in [-0.3, -0.25) is 4.90 Å². The molecule has 0 atom stereocenters. The standard InChI is InChI=1S/C55H43N3/c1-3-55(4-2)51-33-38(23-25-44-34-42-17-11-12-18-43(42)35-50(44)41-28-26-40(27-29-41)39-15-7-5-8-16-39)24-31-48(51)49-32-30-47(36-52(49)55)58(46-20-9-6-10-21-46)54-56-37-45-19-13-14-22-53(45)57-54/h5-37H,3-4H2,1-2H3/b25-23+. The molecule has 0 spiro atoms. The van der Waals surface area contributed by atoms with Gasteiger partial charge in [0.15, 0.2) is 0 Å². The van der Waals surface area contributed by atoms with Crippen molar-refractivity contribution in [1.82, 2.24) is 9.97 Å². The largest absolute Gasteiger partial charge is 0.279 e. The minimum absolute atomic E-state index is 0.133. The van der Waals surface area contributed by atoms with Crippen LogP contribution in [-0.4, -0.2) is 9.97 Å². The fourth-order valence-electron chi connectivity index (χ4n) is 9.09. The molecule has 0 saturated carbocycles. The van der Waals surface area contributed by atoms with Gasteiger partial charge in [-0.15, -0.1) is 0 Å². The van der Waals surface area contributed by atoms with Crippen LogP contribution in [0, 0.1) is 0 Å². The van der Waals surface area contributed by atoms with Crippen LogP contribution >= 0.6 is 0 Å². The molecule has 9 aromatic rings. The number of benzene rings is 8. The molecule has 0 radical (unpaired) electrons. The molecule has 1 aliphatic carbocycles. The van der Waals surface area contributed by atoms with Crippen LogP contribution in [0.3, 0.4) is 0 Å². The normalized spacial score (nSPS) is 12.9. The molecule has 0 N–H and O–H groups in total.